The van der Waals surface area contributed by atoms with Gasteiger partial charge in [-0.1, -0.05) is 55.8 Å². The fourth-order valence-electron chi connectivity index (χ4n) is 4.92. The van der Waals surface area contributed by atoms with Crippen molar-refractivity contribution in [3.63, 3.8) is 0 Å². The lowest BCUT2D eigenvalue weighted by atomic mass is 9.68. The number of halogens is 2. The average Bonchev–Trinajstić information content (AvgIpc) is 3.28. The van der Waals surface area contributed by atoms with E-state index in [2.05, 4.69) is 6.92 Å². The number of rotatable bonds is 9. The molecule has 2 aliphatic carbocycles. The van der Waals surface area contributed by atoms with E-state index in [9.17, 15) is 9.59 Å². The molecular weight excluding hydrogens is 399 g/mol. The third kappa shape index (κ3) is 4.04. The van der Waals surface area contributed by atoms with E-state index in [1.165, 1.54) is 12.8 Å². The zero-order valence-electron chi connectivity index (χ0n) is 16.4. The molecule has 0 radical (unpaired) electrons. The van der Waals surface area contributed by atoms with Gasteiger partial charge in [0.05, 0.1) is 11.6 Å². The predicted molar refractivity (Wildman–Crippen MR) is 111 cm³/mol. The van der Waals surface area contributed by atoms with Crippen molar-refractivity contribution in [1.29, 1.82) is 0 Å². The van der Waals surface area contributed by atoms with Crippen LogP contribution in [0.5, 0.6) is 5.75 Å². The van der Waals surface area contributed by atoms with Crippen molar-refractivity contribution in [3.05, 3.63) is 27.2 Å². The lowest BCUT2D eigenvalue weighted by Crippen LogP contribution is -2.35. The SMILES string of the molecule is CCCC[C@]1(C2CCCC2)Cc2cc(OCCCC(=O)O)c(Cl)c(Cl)c2C1=O. The molecule has 1 saturated carbocycles. The van der Waals surface area contributed by atoms with Crippen LogP contribution in [0, 0.1) is 11.3 Å². The summed E-state index contributed by atoms with van der Waals surface area (Å²) in [7, 11) is 0. The molecular formula is C22H28Cl2O4. The Labute approximate surface area is 176 Å². The van der Waals surface area contributed by atoms with E-state index in [0.29, 0.717) is 30.1 Å². The Morgan fingerprint density at radius 3 is 2.61 bits per heavy atom. The number of carbonyl (C=O) groups is 2. The molecule has 0 bridgehead atoms. The Morgan fingerprint density at radius 1 is 1.25 bits per heavy atom. The number of ketones is 1. The highest BCUT2D eigenvalue weighted by molar-refractivity contribution is 6.45. The summed E-state index contributed by atoms with van der Waals surface area (Å²) in [5.41, 5.74) is 1.15. The molecule has 1 aromatic rings. The Balaban J connectivity index is 1.88. The number of unbranched alkanes of at least 4 members (excludes halogenated alkanes) is 1. The van der Waals surface area contributed by atoms with Crippen LogP contribution in [0.4, 0.5) is 0 Å². The van der Waals surface area contributed by atoms with Crippen LogP contribution in [0.2, 0.25) is 10.0 Å². The van der Waals surface area contributed by atoms with Gasteiger partial charge in [-0.25, -0.2) is 0 Å². The Morgan fingerprint density at radius 2 is 1.96 bits per heavy atom. The zero-order valence-corrected chi connectivity index (χ0v) is 17.9. The number of hydrogen-bond donors (Lipinski definition) is 1. The van der Waals surface area contributed by atoms with Gasteiger partial charge < -0.3 is 9.84 Å². The van der Waals surface area contributed by atoms with Crippen LogP contribution in [-0.4, -0.2) is 23.5 Å². The number of carbonyl (C=O) groups excluding carboxylic acids is 1. The van der Waals surface area contributed by atoms with Crippen molar-refractivity contribution >= 4 is 35.0 Å². The quantitative estimate of drug-likeness (QED) is 0.467. The third-order valence-corrected chi connectivity index (χ3v) is 7.20. The van der Waals surface area contributed by atoms with E-state index in [0.717, 1.165) is 37.7 Å². The van der Waals surface area contributed by atoms with Crippen LogP contribution in [0.1, 0.15) is 80.6 Å². The van der Waals surface area contributed by atoms with E-state index >= 15 is 0 Å². The topological polar surface area (TPSA) is 63.6 Å². The van der Waals surface area contributed by atoms with Crippen LogP contribution >= 0.6 is 23.2 Å². The molecule has 0 spiro atoms. The number of carboxylic acids is 1. The van der Waals surface area contributed by atoms with E-state index in [4.69, 9.17) is 33.0 Å². The number of aliphatic carboxylic acids is 1. The van der Waals surface area contributed by atoms with Crippen LogP contribution in [0.25, 0.3) is 0 Å². The number of carboxylic acid groups (broad SMARTS) is 1. The molecule has 1 atom stereocenters. The molecule has 0 saturated heterocycles. The van der Waals surface area contributed by atoms with Gasteiger partial charge in [0.15, 0.2) is 5.78 Å². The van der Waals surface area contributed by atoms with E-state index in [1.54, 1.807) is 0 Å². The first-order chi connectivity index (χ1) is 13.4. The number of benzene rings is 1. The van der Waals surface area contributed by atoms with Crippen molar-refractivity contribution in [2.75, 3.05) is 6.61 Å². The van der Waals surface area contributed by atoms with Gasteiger partial charge in [-0.15, -0.1) is 0 Å². The molecule has 6 heteroatoms. The first-order valence-electron chi connectivity index (χ1n) is 10.3. The standard InChI is InChI=1S/C22H28Cl2O4/c1-2-3-10-22(15-7-4-5-8-15)13-14-12-16(28-11-6-9-17(25)26)19(23)20(24)18(14)21(22)27/h12,15H,2-11,13H2,1H3,(H,25,26)/t22-/m1/s1. The van der Waals surface area contributed by atoms with Crippen molar-refractivity contribution in [3.8, 4) is 5.75 Å². The first kappa shape index (κ1) is 21.4. The lowest BCUT2D eigenvalue weighted by molar-refractivity contribution is -0.137. The minimum atomic E-state index is -0.857. The van der Waals surface area contributed by atoms with Gasteiger partial charge in [0.25, 0.3) is 0 Å². The zero-order chi connectivity index (χ0) is 20.3. The van der Waals surface area contributed by atoms with Crippen LogP contribution in [0.15, 0.2) is 6.07 Å². The van der Waals surface area contributed by atoms with Crippen molar-refractivity contribution in [2.45, 2.75) is 71.1 Å². The maximum atomic E-state index is 13.6. The fourth-order valence-corrected chi connectivity index (χ4v) is 5.43. The van der Waals surface area contributed by atoms with Crippen LogP contribution in [0.3, 0.4) is 0 Å². The summed E-state index contributed by atoms with van der Waals surface area (Å²) in [6.07, 6.45) is 8.70. The van der Waals surface area contributed by atoms with Gasteiger partial charge in [0, 0.05) is 17.4 Å². The van der Waals surface area contributed by atoms with Gasteiger partial charge in [-0.2, -0.15) is 0 Å². The molecule has 3 rings (SSSR count). The van der Waals surface area contributed by atoms with Crippen LogP contribution in [-0.2, 0) is 11.2 Å². The summed E-state index contributed by atoms with van der Waals surface area (Å²) < 4.78 is 5.71. The second-order valence-electron chi connectivity index (χ2n) is 8.13. The second-order valence-corrected chi connectivity index (χ2v) is 8.89. The summed E-state index contributed by atoms with van der Waals surface area (Å²) in [4.78, 5) is 24.2. The molecule has 0 heterocycles. The summed E-state index contributed by atoms with van der Waals surface area (Å²) in [6.45, 7) is 2.40. The molecule has 0 unspecified atom stereocenters. The smallest absolute Gasteiger partial charge is 0.303 e. The van der Waals surface area contributed by atoms with Crippen LogP contribution < -0.4 is 4.74 Å². The summed E-state index contributed by atoms with van der Waals surface area (Å²) >= 11 is 13.0. The van der Waals surface area contributed by atoms with Crippen molar-refractivity contribution in [2.24, 2.45) is 11.3 Å². The summed E-state index contributed by atoms with van der Waals surface area (Å²) in [5, 5.41) is 9.29. The average molecular weight is 427 g/mol. The largest absolute Gasteiger partial charge is 0.492 e. The summed E-state index contributed by atoms with van der Waals surface area (Å²) in [5.74, 6) is 0.159. The Kier molecular flexibility index (Phi) is 6.93. The molecule has 0 amide bonds. The Bertz CT molecular complexity index is 755. The van der Waals surface area contributed by atoms with Gasteiger partial charge in [-0.05, 0) is 49.7 Å². The molecule has 1 fully saturated rings. The minimum absolute atomic E-state index is 0.0383. The minimum Gasteiger partial charge on any atom is -0.492 e. The molecule has 1 aromatic carbocycles. The number of Topliss-reactive ketones (excluding diaryl/α,β-unsaturated/α-hetero) is 1. The Hall–Kier alpha value is -1.26. The van der Waals surface area contributed by atoms with E-state index in [1.807, 2.05) is 6.07 Å². The number of fused-ring (bicyclic) bond motifs is 1. The summed E-state index contributed by atoms with van der Waals surface area (Å²) in [6, 6.07) is 1.85. The molecule has 1 N–H and O–H groups in total. The number of hydrogen-bond acceptors (Lipinski definition) is 3. The molecule has 4 nitrogen and oxygen atoms in total. The lowest BCUT2D eigenvalue weighted by Gasteiger charge is -2.34. The van der Waals surface area contributed by atoms with Gasteiger partial charge in [0.2, 0.25) is 0 Å². The molecule has 2 aliphatic rings. The second kappa shape index (κ2) is 9.04. The normalized spacial score (nSPS) is 21.9. The molecule has 28 heavy (non-hydrogen) atoms. The molecule has 0 aromatic heterocycles. The molecule has 154 valence electrons. The van der Waals surface area contributed by atoms with Gasteiger partial charge in [-0.3, -0.25) is 9.59 Å². The maximum Gasteiger partial charge on any atom is 0.303 e. The fraction of sp³-hybridized carbons (Fsp3) is 0.636. The van der Waals surface area contributed by atoms with Gasteiger partial charge in [0.1, 0.15) is 10.8 Å². The third-order valence-electron chi connectivity index (χ3n) is 6.35. The highest BCUT2D eigenvalue weighted by Gasteiger charge is 2.51. The monoisotopic (exact) mass is 426 g/mol. The number of ether oxygens (including phenoxy) is 1. The molecule has 0 aliphatic heterocycles. The highest BCUT2D eigenvalue weighted by atomic mass is 35.5. The van der Waals surface area contributed by atoms with Gasteiger partial charge >= 0.3 is 5.97 Å². The van der Waals surface area contributed by atoms with Crippen molar-refractivity contribution < 1.29 is 19.4 Å². The maximum absolute atomic E-state index is 13.6. The van der Waals surface area contributed by atoms with Crippen molar-refractivity contribution in [1.82, 2.24) is 0 Å². The predicted octanol–water partition coefficient (Wildman–Crippen LogP) is 6.34. The van der Waals surface area contributed by atoms with E-state index < -0.39 is 5.97 Å². The van der Waals surface area contributed by atoms with E-state index in [-0.39, 0.29) is 34.3 Å². The highest BCUT2D eigenvalue weighted by Crippen LogP contribution is 2.54. The first-order valence-corrected chi connectivity index (χ1v) is 11.1.